The molecule has 2 aromatic heterocycles. The van der Waals surface area contributed by atoms with E-state index < -0.39 is 0 Å². The minimum absolute atomic E-state index is 0.202. The maximum absolute atomic E-state index is 12.7. The van der Waals surface area contributed by atoms with Gasteiger partial charge in [-0.2, -0.15) is 0 Å². The van der Waals surface area contributed by atoms with Crippen LogP contribution in [0, 0.1) is 0 Å². The lowest BCUT2D eigenvalue weighted by atomic mass is 9.94. The van der Waals surface area contributed by atoms with Crippen molar-refractivity contribution in [3.8, 4) is 0 Å². The predicted octanol–water partition coefficient (Wildman–Crippen LogP) is 5.21. The summed E-state index contributed by atoms with van der Waals surface area (Å²) in [5.74, 6) is 1.27. The Balaban J connectivity index is 1.33. The number of carbonyl (C=O) groups is 1. The number of piperidine rings is 1. The van der Waals surface area contributed by atoms with Crippen LogP contribution < -0.4 is 5.32 Å². The number of anilines is 2. The molecule has 30 heavy (non-hydrogen) atoms. The number of amides is 1. The molecule has 0 unspecified atom stereocenters. The van der Waals surface area contributed by atoms with E-state index in [9.17, 15) is 4.79 Å². The molecule has 1 saturated heterocycles. The molecule has 0 saturated carbocycles. The lowest BCUT2D eigenvalue weighted by Crippen LogP contribution is -2.39. The number of carbonyl (C=O) groups excluding carboxylic acids is 1. The Labute approximate surface area is 182 Å². The highest BCUT2D eigenvalue weighted by atomic mass is 35.5. The van der Waals surface area contributed by atoms with Gasteiger partial charge in [0.25, 0.3) is 0 Å². The van der Waals surface area contributed by atoms with Crippen molar-refractivity contribution < 1.29 is 4.79 Å². The van der Waals surface area contributed by atoms with Crippen molar-refractivity contribution in [3.63, 3.8) is 0 Å². The van der Waals surface area contributed by atoms with Gasteiger partial charge in [-0.3, -0.25) is 9.78 Å². The van der Waals surface area contributed by atoms with Gasteiger partial charge in [0.05, 0.1) is 11.9 Å². The Morgan fingerprint density at radius 3 is 2.83 bits per heavy atom. The molecule has 5 nitrogen and oxygen atoms in total. The van der Waals surface area contributed by atoms with Gasteiger partial charge in [0, 0.05) is 42.3 Å². The van der Waals surface area contributed by atoms with E-state index in [1.165, 1.54) is 0 Å². The first-order chi connectivity index (χ1) is 14.7. The molecule has 154 valence electrons. The summed E-state index contributed by atoms with van der Waals surface area (Å²) in [5, 5.41) is 3.96. The molecule has 3 heterocycles. The first kappa shape index (κ1) is 20.4. The maximum atomic E-state index is 12.7. The number of aromatic nitrogens is 2. The van der Waals surface area contributed by atoms with Crippen LogP contribution in [0.2, 0.25) is 5.02 Å². The Morgan fingerprint density at radius 1 is 1.13 bits per heavy atom. The molecule has 1 N–H and O–H groups in total. The summed E-state index contributed by atoms with van der Waals surface area (Å²) in [6.45, 7) is 1.55. The van der Waals surface area contributed by atoms with Gasteiger partial charge in [0.1, 0.15) is 5.82 Å². The molecule has 1 aliphatic heterocycles. The van der Waals surface area contributed by atoms with Crippen molar-refractivity contribution in [2.45, 2.75) is 31.6 Å². The van der Waals surface area contributed by atoms with Crippen LogP contribution in [0.25, 0.3) is 0 Å². The van der Waals surface area contributed by atoms with E-state index in [0.717, 1.165) is 48.7 Å². The predicted molar refractivity (Wildman–Crippen MR) is 120 cm³/mol. The number of nitrogens with one attached hydrogen (secondary N) is 1. The van der Waals surface area contributed by atoms with Crippen LogP contribution in [0.1, 0.15) is 36.4 Å². The zero-order valence-electron chi connectivity index (χ0n) is 16.8. The molecule has 3 aromatic rings. The van der Waals surface area contributed by atoms with E-state index in [1.54, 1.807) is 6.20 Å². The Morgan fingerprint density at radius 2 is 2.07 bits per heavy atom. The number of benzene rings is 1. The highest BCUT2D eigenvalue weighted by molar-refractivity contribution is 6.30. The normalized spacial score (nSPS) is 16.3. The van der Waals surface area contributed by atoms with Crippen molar-refractivity contribution in [1.82, 2.24) is 14.9 Å². The van der Waals surface area contributed by atoms with Crippen LogP contribution in [0.3, 0.4) is 0 Å². The maximum Gasteiger partial charge on any atom is 0.222 e. The zero-order chi connectivity index (χ0) is 20.8. The minimum Gasteiger partial charge on any atom is -0.342 e. The summed E-state index contributed by atoms with van der Waals surface area (Å²) < 4.78 is 0. The topological polar surface area (TPSA) is 58.1 Å². The van der Waals surface area contributed by atoms with Crippen LogP contribution in [-0.4, -0.2) is 33.9 Å². The fraction of sp³-hybridized carbons (Fsp3) is 0.292. The average molecular weight is 421 g/mol. The molecule has 4 rings (SSSR count). The quantitative estimate of drug-likeness (QED) is 0.594. The summed E-state index contributed by atoms with van der Waals surface area (Å²) in [4.78, 5) is 23.7. The van der Waals surface area contributed by atoms with Crippen LogP contribution in [0.5, 0.6) is 0 Å². The first-order valence-corrected chi connectivity index (χ1v) is 10.7. The van der Waals surface area contributed by atoms with E-state index >= 15 is 0 Å². The smallest absolute Gasteiger partial charge is 0.222 e. The number of rotatable bonds is 6. The van der Waals surface area contributed by atoms with Crippen LogP contribution in [-0.2, 0) is 11.2 Å². The number of hydrogen-bond acceptors (Lipinski definition) is 4. The summed E-state index contributed by atoms with van der Waals surface area (Å²) in [7, 11) is 0. The summed E-state index contributed by atoms with van der Waals surface area (Å²) in [6.07, 6.45) is 6.87. The van der Waals surface area contributed by atoms with Crippen molar-refractivity contribution >= 4 is 29.0 Å². The molecular weight excluding hydrogens is 396 g/mol. The van der Waals surface area contributed by atoms with E-state index in [1.807, 2.05) is 59.6 Å². The molecule has 0 radical (unpaired) electrons. The first-order valence-electron chi connectivity index (χ1n) is 10.3. The molecule has 0 aliphatic carbocycles. The van der Waals surface area contributed by atoms with E-state index in [4.69, 9.17) is 11.6 Å². The molecule has 1 amide bonds. The van der Waals surface area contributed by atoms with E-state index in [2.05, 4.69) is 21.4 Å². The average Bonchev–Trinajstić information content (AvgIpc) is 2.79. The third kappa shape index (κ3) is 5.36. The number of halogens is 1. The number of likely N-dealkylation sites (tertiary alicyclic amines) is 1. The van der Waals surface area contributed by atoms with Gasteiger partial charge in [0.2, 0.25) is 5.91 Å². The molecule has 1 aliphatic rings. The van der Waals surface area contributed by atoms with Gasteiger partial charge in [-0.15, -0.1) is 0 Å². The molecule has 1 aromatic carbocycles. The highest BCUT2D eigenvalue weighted by Gasteiger charge is 2.25. The fourth-order valence-electron chi connectivity index (χ4n) is 3.85. The van der Waals surface area contributed by atoms with Crippen molar-refractivity contribution in [3.05, 3.63) is 83.3 Å². The lowest BCUT2D eigenvalue weighted by Gasteiger charge is -2.32. The van der Waals surface area contributed by atoms with Gasteiger partial charge in [-0.05, 0) is 61.2 Å². The van der Waals surface area contributed by atoms with E-state index in [-0.39, 0.29) is 11.8 Å². The standard InChI is InChI=1S/C24H25ClN4O/c25-20-7-3-5-18(15-20)9-12-24(30)29-14-4-6-19(17-29)22-11-10-21(16-27-22)28-23-8-1-2-13-26-23/h1-3,5,7-8,10-11,13,15-16,19H,4,6,9,12,14,17H2,(H,26,28)/t19-/m0/s1. The summed E-state index contributed by atoms with van der Waals surface area (Å²) in [6, 6.07) is 17.5. The van der Waals surface area contributed by atoms with Crippen molar-refractivity contribution in [2.24, 2.45) is 0 Å². The molecule has 1 atom stereocenters. The van der Waals surface area contributed by atoms with Crippen LogP contribution >= 0.6 is 11.6 Å². The number of aryl methyl sites for hydroxylation is 1. The molecule has 0 bridgehead atoms. The van der Waals surface area contributed by atoms with Crippen LogP contribution in [0.4, 0.5) is 11.5 Å². The number of pyridine rings is 2. The Kier molecular flexibility index (Phi) is 6.60. The molecular formula is C24H25ClN4O. The lowest BCUT2D eigenvalue weighted by molar-refractivity contribution is -0.132. The second-order valence-corrected chi connectivity index (χ2v) is 8.06. The SMILES string of the molecule is O=C(CCc1cccc(Cl)c1)N1CCC[C@H](c2ccc(Nc3ccccn3)cn2)C1. The third-order valence-electron chi connectivity index (χ3n) is 5.43. The van der Waals surface area contributed by atoms with Gasteiger partial charge in [-0.25, -0.2) is 4.98 Å². The van der Waals surface area contributed by atoms with Gasteiger partial charge >= 0.3 is 0 Å². The summed E-state index contributed by atoms with van der Waals surface area (Å²) in [5.41, 5.74) is 3.04. The molecule has 0 spiro atoms. The summed E-state index contributed by atoms with van der Waals surface area (Å²) >= 11 is 6.04. The van der Waals surface area contributed by atoms with Crippen molar-refractivity contribution in [1.29, 1.82) is 0 Å². The monoisotopic (exact) mass is 420 g/mol. The Bertz CT molecular complexity index is 978. The molecule has 6 heteroatoms. The molecule has 1 fully saturated rings. The van der Waals surface area contributed by atoms with Crippen LogP contribution in [0.15, 0.2) is 67.0 Å². The third-order valence-corrected chi connectivity index (χ3v) is 5.67. The number of hydrogen-bond donors (Lipinski definition) is 1. The van der Waals surface area contributed by atoms with Gasteiger partial charge in [0.15, 0.2) is 0 Å². The minimum atomic E-state index is 0.202. The largest absolute Gasteiger partial charge is 0.342 e. The van der Waals surface area contributed by atoms with Gasteiger partial charge in [-0.1, -0.05) is 29.8 Å². The second kappa shape index (κ2) is 9.72. The second-order valence-electron chi connectivity index (χ2n) is 7.62. The fourth-order valence-corrected chi connectivity index (χ4v) is 4.07. The van der Waals surface area contributed by atoms with E-state index in [0.29, 0.717) is 17.9 Å². The number of nitrogens with zero attached hydrogens (tertiary/aromatic N) is 3. The Hall–Kier alpha value is -2.92. The highest BCUT2D eigenvalue weighted by Crippen LogP contribution is 2.27. The van der Waals surface area contributed by atoms with Crippen molar-refractivity contribution in [2.75, 3.05) is 18.4 Å². The zero-order valence-corrected chi connectivity index (χ0v) is 17.6. The van der Waals surface area contributed by atoms with Gasteiger partial charge < -0.3 is 10.2 Å².